The van der Waals surface area contributed by atoms with Crippen LogP contribution >= 0.6 is 0 Å². The van der Waals surface area contributed by atoms with E-state index < -0.39 is 19.7 Å². The van der Waals surface area contributed by atoms with Crippen molar-refractivity contribution in [2.24, 2.45) is 0 Å². The van der Waals surface area contributed by atoms with Gasteiger partial charge in [-0.25, -0.2) is 16.8 Å². The summed E-state index contributed by atoms with van der Waals surface area (Å²) in [4.78, 5) is -0.0711. The van der Waals surface area contributed by atoms with Crippen LogP contribution in [0.15, 0.2) is 128 Å². The molecule has 0 radical (unpaired) electrons. The van der Waals surface area contributed by atoms with Gasteiger partial charge in [0.25, 0.3) is 0 Å². The molecule has 7 rings (SSSR count). The quantitative estimate of drug-likeness (QED) is 0.162. The standard InChI is InChI=1S/C40H22N4O6S2/c1-49-25-3-7-27(8-4-25)51(45,46)29-11-13-31-33-17-34-32-14-12-30(52(47,48)28-9-5-26(50-2)6-10-28)16-36(32)40(24(21-43)22-44)38(34)18-37(33)39(35(31)15-29)23(19-41)20-42/h3-18H,1-2H3. The van der Waals surface area contributed by atoms with Crippen LogP contribution < -0.4 is 9.47 Å². The van der Waals surface area contributed by atoms with Gasteiger partial charge in [-0.15, -0.1) is 0 Å². The Bertz CT molecular complexity index is 2640. The van der Waals surface area contributed by atoms with Crippen LogP contribution in [0, 0.1) is 45.3 Å². The zero-order valence-corrected chi connectivity index (χ0v) is 28.9. The number of benzene rings is 5. The second kappa shape index (κ2) is 12.4. The van der Waals surface area contributed by atoms with E-state index in [1.807, 2.05) is 24.3 Å². The first-order valence-corrected chi connectivity index (χ1v) is 18.3. The Morgan fingerprint density at radius 3 is 1.06 bits per heavy atom. The minimum absolute atomic E-state index is 0.0225. The Hall–Kier alpha value is -6.96. The van der Waals surface area contributed by atoms with Gasteiger partial charge in [-0.3, -0.25) is 0 Å². The molecule has 0 spiro atoms. The van der Waals surface area contributed by atoms with E-state index in [-0.39, 0.29) is 41.9 Å². The van der Waals surface area contributed by atoms with Crippen LogP contribution in [0.3, 0.4) is 0 Å². The highest BCUT2D eigenvalue weighted by Gasteiger charge is 2.35. The number of hydrogen-bond donors (Lipinski definition) is 0. The molecule has 12 heteroatoms. The molecule has 5 aromatic rings. The lowest BCUT2D eigenvalue weighted by Crippen LogP contribution is -2.03. The summed E-state index contributed by atoms with van der Waals surface area (Å²) < 4.78 is 65.2. The fraction of sp³-hybridized carbons (Fsp3) is 0.0500. The first kappa shape index (κ1) is 33.5. The second-order valence-electron chi connectivity index (χ2n) is 11.7. The number of nitriles is 4. The lowest BCUT2D eigenvalue weighted by molar-refractivity contribution is 0.414. The first-order valence-electron chi connectivity index (χ1n) is 15.4. The van der Waals surface area contributed by atoms with Gasteiger partial charge in [0.2, 0.25) is 19.7 Å². The molecule has 10 nitrogen and oxygen atoms in total. The second-order valence-corrected chi connectivity index (χ2v) is 15.6. The van der Waals surface area contributed by atoms with E-state index >= 15 is 0 Å². The maximum atomic E-state index is 13.7. The molecule has 52 heavy (non-hydrogen) atoms. The summed E-state index contributed by atoms with van der Waals surface area (Å²) in [6.07, 6.45) is 0. The number of methoxy groups -OCH3 is 2. The molecule has 0 aromatic heterocycles. The number of hydrogen-bond acceptors (Lipinski definition) is 10. The third-order valence-corrected chi connectivity index (χ3v) is 12.6. The number of ether oxygens (including phenoxy) is 2. The zero-order valence-electron chi connectivity index (χ0n) is 27.3. The number of sulfone groups is 2. The Morgan fingerprint density at radius 2 is 0.731 bits per heavy atom. The lowest BCUT2D eigenvalue weighted by Gasteiger charge is -2.09. The molecule has 0 bridgehead atoms. The Kier molecular flexibility index (Phi) is 8.01. The summed E-state index contributed by atoms with van der Waals surface area (Å²) in [5, 5.41) is 40.2. The lowest BCUT2D eigenvalue weighted by atomic mass is 9.93. The van der Waals surface area contributed by atoms with Crippen LogP contribution in [-0.4, -0.2) is 31.1 Å². The maximum absolute atomic E-state index is 13.7. The van der Waals surface area contributed by atoms with Gasteiger partial charge >= 0.3 is 0 Å². The molecule has 0 atom stereocenters. The van der Waals surface area contributed by atoms with E-state index in [9.17, 15) is 37.9 Å². The Labute approximate surface area is 299 Å². The number of allylic oxidation sites excluding steroid dienone is 2. The minimum atomic E-state index is -4.03. The van der Waals surface area contributed by atoms with E-state index in [2.05, 4.69) is 0 Å². The molecule has 0 N–H and O–H groups in total. The van der Waals surface area contributed by atoms with Crippen LogP contribution in [0.25, 0.3) is 33.4 Å². The van der Waals surface area contributed by atoms with Crippen LogP contribution in [0.1, 0.15) is 22.3 Å². The van der Waals surface area contributed by atoms with Crippen molar-refractivity contribution < 1.29 is 26.3 Å². The van der Waals surface area contributed by atoms with Crippen molar-refractivity contribution in [2.75, 3.05) is 14.2 Å². The topological polar surface area (TPSA) is 182 Å². The summed E-state index contributed by atoms with van der Waals surface area (Å²) in [5.74, 6) is 0.964. The molecule has 0 unspecified atom stereocenters. The van der Waals surface area contributed by atoms with E-state index in [1.165, 1.54) is 87.0 Å². The molecular formula is C40H22N4O6S2. The van der Waals surface area contributed by atoms with Crippen molar-refractivity contribution in [1.82, 2.24) is 0 Å². The Morgan fingerprint density at radius 1 is 0.423 bits per heavy atom. The van der Waals surface area contributed by atoms with Crippen molar-refractivity contribution in [2.45, 2.75) is 19.6 Å². The fourth-order valence-corrected chi connectivity index (χ4v) is 9.18. The minimum Gasteiger partial charge on any atom is -0.497 e. The Balaban J connectivity index is 1.44. The van der Waals surface area contributed by atoms with E-state index in [1.54, 1.807) is 24.3 Å². The van der Waals surface area contributed by atoms with Gasteiger partial charge in [-0.1, -0.05) is 12.1 Å². The smallest absolute Gasteiger partial charge is 0.206 e. The van der Waals surface area contributed by atoms with Crippen molar-refractivity contribution >= 4 is 30.8 Å². The van der Waals surface area contributed by atoms with Gasteiger partial charge in [0.15, 0.2) is 0 Å². The van der Waals surface area contributed by atoms with Crippen LogP contribution in [0.4, 0.5) is 0 Å². The summed E-state index contributed by atoms with van der Waals surface area (Å²) in [6, 6.07) is 32.0. The molecule has 0 fully saturated rings. The molecule has 2 aliphatic carbocycles. The summed E-state index contributed by atoms with van der Waals surface area (Å²) >= 11 is 0. The third kappa shape index (κ3) is 5.02. The van der Waals surface area contributed by atoms with Gasteiger partial charge in [0.1, 0.15) is 46.9 Å². The highest BCUT2D eigenvalue weighted by molar-refractivity contribution is 7.91. The predicted octanol–water partition coefficient (Wildman–Crippen LogP) is 7.03. The van der Waals surface area contributed by atoms with E-state index in [0.717, 1.165) is 0 Å². The first-order chi connectivity index (χ1) is 25.0. The van der Waals surface area contributed by atoms with Gasteiger partial charge in [0.05, 0.1) is 33.8 Å². The van der Waals surface area contributed by atoms with Gasteiger partial charge in [-0.2, -0.15) is 21.0 Å². The van der Waals surface area contributed by atoms with E-state index in [4.69, 9.17) is 9.47 Å². The fourth-order valence-electron chi connectivity index (χ4n) is 6.61. The van der Waals surface area contributed by atoms with Crippen LogP contribution in [0.2, 0.25) is 0 Å². The predicted molar refractivity (Wildman–Crippen MR) is 189 cm³/mol. The molecule has 5 aromatic carbocycles. The molecule has 0 saturated carbocycles. The van der Waals surface area contributed by atoms with Gasteiger partial charge in [-0.05, 0) is 129 Å². The van der Waals surface area contributed by atoms with Crippen LogP contribution in [-0.2, 0) is 19.7 Å². The number of nitrogens with zero attached hydrogens (tertiary/aromatic N) is 4. The van der Waals surface area contributed by atoms with E-state index in [0.29, 0.717) is 56.0 Å². The van der Waals surface area contributed by atoms with Crippen molar-refractivity contribution in [3.05, 3.63) is 130 Å². The average molecular weight is 719 g/mol. The maximum Gasteiger partial charge on any atom is 0.206 e. The highest BCUT2D eigenvalue weighted by atomic mass is 32.2. The molecule has 250 valence electrons. The zero-order chi connectivity index (χ0) is 36.9. The molecule has 2 aliphatic rings. The molecule has 0 amide bonds. The molecule has 0 saturated heterocycles. The van der Waals surface area contributed by atoms with Gasteiger partial charge in [0, 0.05) is 11.1 Å². The normalized spacial score (nSPS) is 12.2. The molecular weight excluding hydrogens is 697 g/mol. The van der Waals surface area contributed by atoms with Crippen LogP contribution in [0.5, 0.6) is 11.5 Å². The van der Waals surface area contributed by atoms with Crippen molar-refractivity contribution in [3.63, 3.8) is 0 Å². The summed E-state index contributed by atoms with van der Waals surface area (Å²) in [5.41, 5.74) is 3.65. The number of fused-ring (bicyclic) bond motifs is 6. The monoisotopic (exact) mass is 718 g/mol. The SMILES string of the molecule is COc1ccc(S(=O)(=O)c2ccc3c(c2)C(=C(C#N)C#N)c2cc4c(cc2-3)-c2ccc(S(=O)(=O)c3ccc(OC)cc3)cc2C4=C(C#N)C#N)cc1. The van der Waals surface area contributed by atoms with Gasteiger partial charge < -0.3 is 9.47 Å². The van der Waals surface area contributed by atoms with Crippen molar-refractivity contribution in [3.8, 4) is 58.0 Å². The van der Waals surface area contributed by atoms with Crippen molar-refractivity contribution in [1.29, 1.82) is 21.0 Å². The number of rotatable bonds is 6. The molecule has 0 aliphatic heterocycles. The largest absolute Gasteiger partial charge is 0.497 e. The highest BCUT2D eigenvalue weighted by Crippen LogP contribution is 2.54. The third-order valence-electron chi connectivity index (χ3n) is 9.10. The summed E-state index contributed by atoms with van der Waals surface area (Å²) in [7, 11) is -5.12. The average Bonchev–Trinajstić information content (AvgIpc) is 3.66. The summed E-state index contributed by atoms with van der Waals surface area (Å²) in [6.45, 7) is 0. The molecule has 0 heterocycles.